The summed E-state index contributed by atoms with van der Waals surface area (Å²) in [4.78, 5) is 16.9. The Balaban J connectivity index is 2.20. The number of thiazole rings is 1. The van der Waals surface area contributed by atoms with Gasteiger partial charge in [-0.3, -0.25) is 4.79 Å². The Labute approximate surface area is 147 Å². The third kappa shape index (κ3) is 3.05. The normalized spacial score (nSPS) is 14.8. The van der Waals surface area contributed by atoms with E-state index in [4.69, 9.17) is 25.8 Å². The standard InChI is InChI=1S/C16H15ClN2O4S/c1-3-6-19-13-11(21-2)5-4-10(17)14(13)24-16(19)18-15(20)12-9-22-7-8-23-12/h3-5,9H,1,6-8H2,2H3. The Hall–Kier alpha value is -2.25. The van der Waals surface area contributed by atoms with Gasteiger partial charge in [-0.1, -0.05) is 29.0 Å². The van der Waals surface area contributed by atoms with E-state index in [1.165, 1.54) is 17.6 Å². The Morgan fingerprint density at radius 3 is 3.04 bits per heavy atom. The van der Waals surface area contributed by atoms with E-state index < -0.39 is 5.91 Å². The van der Waals surface area contributed by atoms with E-state index in [0.717, 1.165) is 10.2 Å². The second-order valence-corrected chi connectivity index (χ2v) is 6.21. The minimum absolute atomic E-state index is 0.0851. The van der Waals surface area contributed by atoms with Crippen molar-refractivity contribution in [3.05, 3.63) is 46.6 Å². The van der Waals surface area contributed by atoms with Crippen molar-refractivity contribution in [1.29, 1.82) is 0 Å². The Morgan fingerprint density at radius 2 is 2.38 bits per heavy atom. The zero-order valence-corrected chi connectivity index (χ0v) is 14.5. The number of halogens is 1. The van der Waals surface area contributed by atoms with E-state index in [2.05, 4.69) is 11.6 Å². The zero-order valence-electron chi connectivity index (χ0n) is 13.0. The fourth-order valence-electron chi connectivity index (χ4n) is 2.29. The molecule has 0 aliphatic carbocycles. The molecule has 126 valence electrons. The van der Waals surface area contributed by atoms with Crippen LogP contribution in [0.15, 0.2) is 41.8 Å². The molecule has 1 aromatic carbocycles. The van der Waals surface area contributed by atoms with Crippen molar-refractivity contribution >= 4 is 39.1 Å². The molecule has 6 nitrogen and oxygen atoms in total. The van der Waals surface area contributed by atoms with E-state index in [1.807, 2.05) is 4.57 Å². The van der Waals surface area contributed by atoms with E-state index in [-0.39, 0.29) is 5.76 Å². The molecule has 1 aliphatic rings. The summed E-state index contributed by atoms with van der Waals surface area (Å²) in [5, 5.41) is 0.568. The summed E-state index contributed by atoms with van der Waals surface area (Å²) >= 11 is 7.59. The van der Waals surface area contributed by atoms with Gasteiger partial charge in [0.25, 0.3) is 0 Å². The fourth-order valence-corrected chi connectivity index (χ4v) is 3.62. The molecule has 0 saturated carbocycles. The molecule has 3 rings (SSSR count). The van der Waals surface area contributed by atoms with Gasteiger partial charge in [-0.25, -0.2) is 0 Å². The lowest BCUT2D eigenvalue weighted by molar-refractivity contribution is -0.119. The van der Waals surface area contributed by atoms with Crippen molar-refractivity contribution in [3.63, 3.8) is 0 Å². The molecule has 1 amide bonds. The number of hydrogen-bond acceptors (Lipinski definition) is 5. The number of ether oxygens (including phenoxy) is 3. The number of amides is 1. The number of carbonyl (C=O) groups is 1. The lowest BCUT2D eigenvalue weighted by atomic mass is 10.3. The summed E-state index contributed by atoms with van der Waals surface area (Å²) in [6.45, 7) is 4.96. The predicted octanol–water partition coefficient (Wildman–Crippen LogP) is 2.87. The zero-order chi connectivity index (χ0) is 17.1. The summed E-state index contributed by atoms with van der Waals surface area (Å²) in [5.41, 5.74) is 0.774. The topological polar surface area (TPSA) is 62.1 Å². The minimum atomic E-state index is -0.505. The average Bonchev–Trinajstić information content (AvgIpc) is 2.96. The Kier molecular flexibility index (Phi) is 4.92. The van der Waals surface area contributed by atoms with Crippen molar-refractivity contribution in [3.8, 4) is 5.75 Å². The maximum absolute atomic E-state index is 12.3. The van der Waals surface area contributed by atoms with Gasteiger partial charge < -0.3 is 18.8 Å². The summed E-state index contributed by atoms with van der Waals surface area (Å²) in [7, 11) is 1.58. The van der Waals surface area contributed by atoms with Crippen molar-refractivity contribution in [2.75, 3.05) is 20.3 Å². The molecule has 0 spiro atoms. The van der Waals surface area contributed by atoms with Crippen LogP contribution in [0.25, 0.3) is 10.2 Å². The van der Waals surface area contributed by atoms with E-state index in [9.17, 15) is 4.79 Å². The van der Waals surface area contributed by atoms with Gasteiger partial charge in [-0.15, -0.1) is 6.58 Å². The first-order chi connectivity index (χ1) is 11.7. The molecule has 2 aromatic rings. The number of fused-ring (bicyclic) bond motifs is 1. The molecule has 0 saturated heterocycles. The molecule has 0 unspecified atom stereocenters. The van der Waals surface area contributed by atoms with Gasteiger partial charge >= 0.3 is 5.91 Å². The number of allylic oxidation sites excluding steroid dienone is 1. The molecular weight excluding hydrogens is 352 g/mol. The number of aromatic nitrogens is 1. The molecule has 24 heavy (non-hydrogen) atoms. The minimum Gasteiger partial charge on any atom is -0.495 e. The number of methoxy groups -OCH3 is 1. The number of carbonyl (C=O) groups excluding carboxylic acids is 1. The predicted molar refractivity (Wildman–Crippen MR) is 92.1 cm³/mol. The summed E-state index contributed by atoms with van der Waals surface area (Å²) in [6.07, 6.45) is 3.00. The van der Waals surface area contributed by atoms with E-state index in [0.29, 0.717) is 35.3 Å². The fraction of sp³-hybridized carbons (Fsp3) is 0.250. The second-order valence-electron chi connectivity index (χ2n) is 4.83. The quantitative estimate of drug-likeness (QED) is 0.780. The molecule has 8 heteroatoms. The molecule has 0 bridgehead atoms. The van der Waals surface area contributed by atoms with Gasteiger partial charge in [0.05, 0.1) is 16.8 Å². The summed E-state index contributed by atoms with van der Waals surface area (Å²) < 4.78 is 18.4. The van der Waals surface area contributed by atoms with Crippen LogP contribution in [0.1, 0.15) is 0 Å². The Bertz CT molecular complexity index is 897. The monoisotopic (exact) mass is 366 g/mol. The van der Waals surface area contributed by atoms with Crippen molar-refractivity contribution in [1.82, 2.24) is 4.57 Å². The average molecular weight is 367 g/mol. The molecule has 0 atom stereocenters. The smallest absolute Gasteiger partial charge is 0.317 e. The molecule has 1 aliphatic heterocycles. The largest absolute Gasteiger partial charge is 0.495 e. The van der Waals surface area contributed by atoms with Crippen LogP contribution in [0, 0.1) is 0 Å². The highest BCUT2D eigenvalue weighted by Crippen LogP contribution is 2.33. The lowest BCUT2D eigenvalue weighted by Gasteiger charge is -2.12. The highest BCUT2D eigenvalue weighted by molar-refractivity contribution is 7.17. The maximum Gasteiger partial charge on any atom is 0.317 e. The second kappa shape index (κ2) is 7.11. The van der Waals surface area contributed by atoms with Gasteiger partial charge in [0.2, 0.25) is 5.76 Å². The van der Waals surface area contributed by atoms with E-state index in [1.54, 1.807) is 25.3 Å². The van der Waals surface area contributed by atoms with Gasteiger partial charge in [-0.2, -0.15) is 4.99 Å². The van der Waals surface area contributed by atoms with Crippen LogP contribution >= 0.6 is 22.9 Å². The molecule has 0 radical (unpaired) electrons. The lowest BCUT2D eigenvalue weighted by Crippen LogP contribution is -2.19. The van der Waals surface area contributed by atoms with Gasteiger partial charge in [0, 0.05) is 6.54 Å². The van der Waals surface area contributed by atoms with Crippen LogP contribution < -0.4 is 9.54 Å². The molecule has 2 heterocycles. The third-order valence-corrected chi connectivity index (χ3v) is 4.87. The van der Waals surface area contributed by atoms with Crippen LogP contribution in [0.5, 0.6) is 5.75 Å². The van der Waals surface area contributed by atoms with Crippen molar-refractivity contribution < 1.29 is 19.0 Å². The Morgan fingerprint density at radius 1 is 1.54 bits per heavy atom. The third-order valence-electron chi connectivity index (χ3n) is 3.33. The highest BCUT2D eigenvalue weighted by Gasteiger charge is 2.17. The van der Waals surface area contributed by atoms with Crippen LogP contribution in [-0.2, 0) is 20.8 Å². The maximum atomic E-state index is 12.3. The summed E-state index contributed by atoms with van der Waals surface area (Å²) in [6, 6.07) is 3.53. The van der Waals surface area contributed by atoms with Crippen LogP contribution in [-0.4, -0.2) is 30.8 Å². The van der Waals surface area contributed by atoms with Crippen molar-refractivity contribution in [2.45, 2.75) is 6.54 Å². The first kappa shape index (κ1) is 16.6. The van der Waals surface area contributed by atoms with Crippen LogP contribution in [0.3, 0.4) is 0 Å². The number of nitrogens with zero attached hydrogens (tertiary/aromatic N) is 2. The molecule has 0 N–H and O–H groups in total. The molecule has 1 aromatic heterocycles. The van der Waals surface area contributed by atoms with Gasteiger partial charge in [-0.05, 0) is 12.1 Å². The highest BCUT2D eigenvalue weighted by atomic mass is 35.5. The van der Waals surface area contributed by atoms with E-state index >= 15 is 0 Å². The summed E-state index contributed by atoms with van der Waals surface area (Å²) in [5.74, 6) is 0.231. The van der Waals surface area contributed by atoms with Crippen molar-refractivity contribution in [2.24, 2.45) is 4.99 Å². The number of rotatable bonds is 4. The molecular formula is C16H15ClN2O4S. The number of hydrogen-bond donors (Lipinski definition) is 0. The number of benzene rings is 1. The first-order valence-corrected chi connectivity index (χ1v) is 8.35. The van der Waals surface area contributed by atoms with Crippen LogP contribution in [0.2, 0.25) is 5.02 Å². The van der Waals surface area contributed by atoms with Gasteiger partial charge in [0.1, 0.15) is 30.7 Å². The van der Waals surface area contributed by atoms with Gasteiger partial charge in [0.15, 0.2) is 4.80 Å². The SMILES string of the molecule is C=CCn1c(=NC(=O)C2=COCCO2)sc2c(Cl)ccc(OC)c21. The van der Waals surface area contributed by atoms with Crippen LogP contribution in [0.4, 0.5) is 0 Å². The molecule has 0 fully saturated rings. The first-order valence-electron chi connectivity index (χ1n) is 7.16.